The SMILES string of the molecule is COCCN(Cc1nc2ccccc2c(=O)[nH]1)C(=O)/C=C/c1cc(C)ccc1OC. The summed E-state index contributed by atoms with van der Waals surface area (Å²) in [7, 11) is 3.17. The maximum Gasteiger partial charge on any atom is 0.258 e. The number of methoxy groups -OCH3 is 2. The number of hydrogen-bond acceptors (Lipinski definition) is 5. The van der Waals surface area contributed by atoms with Crippen molar-refractivity contribution in [1.29, 1.82) is 0 Å². The van der Waals surface area contributed by atoms with Gasteiger partial charge in [-0.15, -0.1) is 0 Å². The number of amides is 1. The van der Waals surface area contributed by atoms with Gasteiger partial charge in [-0.1, -0.05) is 23.8 Å². The molecule has 1 aromatic heterocycles. The number of nitrogens with one attached hydrogen (secondary N) is 1. The summed E-state index contributed by atoms with van der Waals surface area (Å²) in [4.78, 5) is 34.0. The number of carbonyl (C=O) groups is 1. The van der Waals surface area contributed by atoms with Crippen LogP contribution in [-0.4, -0.2) is 48.1 Å². The maximum absolute atomic E-state index is 12.9. The van der Waals surface area contributed by atoms with Gasteiger partial charge in [-0.3, -0.25) is 9.59 Å². The lowest BCUT2D eigenvalue weighted by atomic mass is 10.1. The van der Waals surface area contributed by atoms with Gasteiger partial charge >= 0.3 is 0 Å². The summed E-state index contributed by atoms with van der Waals surface area (Å²) in [5.74, 6) is 0.893. The average molecular weight is 407 g/mol. The van der Waals surface area contributed by atoms with Crippen molar-refractivity contribution in [3.63, 3.8) is 0 Å². The van der Waals surface area contributed by atoms with Crippen LogP contribution in [-0.2, 0) is 16.1 Å². The molecular formula is C23H25N3O4. The zero-order valence-corrected chi connectivity index (χ0v) is 17.3. The summed E-state index contributed by atoms with van der Waals surface area (Å²) >= 11 is 0. The van der Waals surface area contributed by atoms with Gasteiger partial charge in [-0.25, -0.2) is 4.98 Å². The third kappa shape index (κ3) is 5.12. The van der Waals surface area contributed by atoms with Crippen molar-refractivity contribution in [2.75, 3.05) is 27.4 Å². The number of aromatic nitrogens is 2. The topological polar surface area (TPSA) is 84.5 Å². The van der Waals surface area contributed by atoms with Crippen molar-refractivity contribution in [3.8, 4) is 5.75 Å². The Morgan fingerprint density at radius 3 is 2.77 bits per heavy atom. The Labute approximate surface area is 175 Å². The lowest BCUT2D eigenvalue weighted by Gasteiger charge is -2.20. The molecule has 3 aromatic rings. The summed E-state index contributed by atoms with van der Waals surface area (Å²) in [5.41, 5.74) is 2.25. The van der Waals surface area contributed by atoms with Crippen molar-refractivity contribution in [1.82, 2.24) is 14.9 Å². The Hall–Kier alpha value is -3.45. The quantitative estimate of drug-likeness (QED) is 0.581. The molecule has 0 saturated carbocycles. The highest BCUT2D eigenvalue weighted by molar-refractivity contribution is 5.92. The molecule has 1 heterocycles. The Morgan fingerprint density at radius 1 is 1.20 bits per heavy atom. The minimum absolute atomic E-state index is 0.164. The number of ether oxygens (including phenoxy) is 2. The van der Waals surface area contributed by atoms with E-state index in [9.17, 15) is 9.59 Å². The van der Waals surface area contributed by atoms with Gasteiger partial charge in [0.2, 0.25) is 5.91 Å². The van der Waals surface area contributed by atoms with E-state index in [2.05, 4.69) is 9.97 Å². The lowest BCUT2D eigenvalue weighted by Crippen LogP contribution is -2.33. The molecule has 0 unspecified atom stereocenters. The van der Waals surface area contributed by atoms with E-state index in [1.165, 1.54) is 6.08 Å². The third-order valence-electron chi connectivity index (χ3n) is 4.67. The van der Waals surface area contributed by atoms with Crippen LogP contribution in [0.15, 0.2) is 53.3 Å². The summed E-state index contributed by atoms with van der Waals surface area (Å²) < 4.78 is 10.5. The predicted molar refractivity (Wildman–Crippen MR) is 116 cm³/mol. The fourth-order valence-electron chi connectivity index (χ4n) is 3.11. The summed E-state index contributed by atoms with van der Waals surface area (Å²) in [6, 6.07) is 12.9. The first-order valence-corrected chi connectivity index (χ1v) is 9.60. The van der Waals surface area contributed by atoms with Gasteiger partial charge in [0.05, 0.1) is 31.2 Å². The molecular weight excluding hydrogens is 382 g/mol. The first kappa shape index (κ1) is 21.3. The number of rotatable bonds is 8. The largest absolute Gasteiger partial charge is 0.496 e. The van der Waals surface area contributed by atoms with Crippen LogP contribution < -0.4 is 10.3 Å². The monoisotopic (exact) mass is 407 g/mol. The molecule has 3 rings (SSSR count). The number of carbonyl (C=O) groups excluding carboxylic acids is 1. The van der Waals surface area contributed by atoms with Crippen molar-refractivity contribution >= 4 is 22.9 Å². The van der Waals surface area contributed by atoms with Gasteiger partial charge in [-0.05, 0) is 37.3 Å². The van der Waals surface area contributed by atoms with Crippen LogP contribution in [0.4, 0.5) is 0 Å². The molecule has 0 fully saturated rings. The van der Waals surface area contributed by atoms with Gasteiger partial charge in [0.25, 0.3) is 5.56 Å². The van der Waals surface area contributed by atoms with Gasteiger partial charge < -0.3 is 19.4 Å². The summed E-state index contributed by atoms with van der Waals surface area (Å²) in [5, 5.41) is 0.516. The van der Waals surface area contributed by atoms with Crippen molar-refractivity contribution < 1.29 is 14.3 Å². The number of aromatic amines is 1. The van der Waals surface area contributed by atoms with E-state index >= 15 is 0 Å². The molecule has 1 N–H and O–H groups in total. The number of fused-ring (bicyclic) bond motifs is 1. The van der Waals surface area contributed by atoms with Crippen LogP contribution in [0.3, 0.4) is 0 Å². The molecule has 0 radical (unpaired) electrons. The van der Waals surface area contributed by atoms with Crippen LogP contribution >= 0.6 is 0 Å². The van der Waals surface area contributed by atoms with Gasteiger partial charge in [0.1, 0.15) is 11.6 Å². The smallest absolute Gasteiger partial charge is 0.258 e. The molecule has 0 bridgehead atoms. The number of aryl methyl sites for hydroxylation is 1. The zero-order valence-electron chi connectivity index (χ0n) is 17.3. The van der Waals surface area contributed by atoms with Crippen LogP contribution in [0, 0.1) is 6.92 Å². The second-order valence-corrected chi connectivity index (χ2v) is 6.86. The van der Waals surface area contributed by atoms with E-state index in [4.69, 9.17) is 9.47 Å². The molecule has 0 aliphatic rings. The minimum Gasteiger partial charge on any atom is -0.496 e. The lowest BCUT2D eigenvalue weighted by molar-refractivity contribution is -0.127. The Kier molecular flexibility index (Phi) is 6.98. The molecule has 0 aliphatic carbocycles. The molecule has 7 nitrogen and oxygen atoms in total. The molecule has 0 saturated heterocycles. The van der Waals surface area contributed by atoms with Crippen LogP contribution in [0.1, 0.15) is 17.0 Å². The summed E-state index contributed by atoms with van der Waals surface area (Å²) in [6.07, 6.45) is 3.22. The van der Waals surface area contributed by atoms with Crippen molar-refractivity contribution in [3.05, 3.63) is 75.8 Å². The van der Waals surface area contributed by atoms with Crippen LogP contribution in [0.5, 0.6) is 5.75 Å². The highest BCUT2D eigenvalue weighted by Crippen LogP contribution is 2.21. The zero-order chi connectivity index (χ0) is 21.5. The van der Waals surface area contributed by atoms with E-state index in [0.717, 1.165) is 11.1 Å². The Morgan fingerprint density at radius 2 is 2.00 bits per heavy atom. The van der Waals surface area contributed by atoms with E-state index < -0.39 is 0 Å². The minimum atomic E-state index is -0.227. The van der Waals surface area contributed by atoms with Crippen molar-refractivity contribution in [2.24, 2.45) is 0 Å². The molecule has 1 amide bonds. The van der Waals surface area contributed by atoms with E-state index in [1.807, 2.05) is 31.2 Å². The highest BCUT2D eigenvalue weighted by Gasteiger charge is 2.14. The number of H-pyrrole nitrogens is 1. The molecule has 0 atom stereocenters. The van der Waals surface area contributed by atoms with E-state index in [1.54, 1.807) is 43.4 Å². The normalized spacial score (nSPS) is 11.2. The molecule has 0 aliphatic heterocycles. The average Bonchev–Trinajstić information content (AvgIpc) is 2.75. The second-order valence-electron chi connectivity index (χ2n) is 6.86. The molecule has 156 valence electrons. The van der Waals surface area contributed by atoms with Gasteiger partial charge in [-0.2, -0.15) is 0 Å². The molecule has 0 spiro atoms. The standard InChI is InChI=1S/C23H25N3O4/c1-16-8-10-20(30-3)17(14-16)9-11-22(27)26(12-13-29-2)15-21-24-19-7-5-4-6-18(19)23(28)25-21/h4-11,14H,12-13,15H2,1-3H3,(H,24,25,28)/b11-9+. The fraction of sp³-hybridized carbons (Fsp3) is 0.261. The molecule has 7 heteroatoms. The van der Waals surface area contributed by atoms with Gasteiger partial charge in [0, 0.05) is 25.3 Å². The molecule has 30 heavy (non-hydrogen) atoms. The van der Waals surface area contributed by atoms with Crippen LogP contribution in [0.2, 0.25) is 0 Å². The first-order chi connectivity index (χ1) is 14.5. The van der Waals surface area contributed by atoms with Crippen LogP contribution in [0.25, 0.3) is 17.0 Å². The number of benzene rings is 2. The fourth-order valence-corrected chi connectivity index (χ4v) is 3.11. The number of hydrogen-bond donors (Lipinski definition) is 1. The van der Waals surface area contributed by atoms with Gasteiger partial charge in [0.15, 0.2) is 0 Å². The number of nitrogens with zero attached hydrogens (tertiary/aromatic N) is 2. The maximum atomic E-state index is 12.9. The first-order valence-electron chi connectivity index (χ1n) is 9.60. The Balaban J connectivity index is 1.84. The molecule has 2 aromatic carbocycles. The number of para-hydroxylation sites is 1. The van der Waals surface area contributed by atoms with Crippen molar-refractivity contribution in [2.45, 2.75) is 13.5 Å². The Bertz CT molecular complexity index is 1120. The van der Waals surface area contributed by atoms with E-state index in [0.29, 0.717) is 35.6 Å². The third-order valence-corrected chi connectivity index (χ3v) is 4.67. The van der Waals surface area contributed by atoms with E-state index in [-0.39, 0.29) is 18.0 Å². The highest BCUT2D eigenvalue weighted by atomic mass is 16.5. The second kappa shape index (κ2) is 9.84. The summed E-state index contributed by atoms with van der Waals surface area (Å²) in [6.45, 7) is 2.87. The predicted octanol–water partition coefficient (Wildman–Crippen LogP) is 2.93.